The van der Waals surface area contributed by atoms with E-state index in [1.165, 1.54) is 72.9 Å². The number of hydrogen-bond acceptors (Lipinski definition) is 4. The van der Waals surface area contributed by atoms with Gasteiger partial charge in [0.2, 0.25) is 0 Å². The Hall–Kier alpha value is -2.40. The summed E-state index contributed by atoms with van der Waals surface area (Å²) >= 11 is 5.79. The zero-order valence-corrected chi connectivity index (χ0v) is 22.5. The van der Waals surface area contributed by atoms with Crippen molar-refractivity contribution >= 4 is 65.8 Å². The molecule has 1 nitrogen and oxygen atoms in total. The fraction of sp³-hybridized carbons (Fsp3) is 0.267. The molecule has 0 unspecified atom stereocenters. The molecule has 0 radical (unpaired) electrons. The quantitative estimate of drug-likeness (QED) is 0.204. The predicted octanol–water partition coefficient (Wildman–Crippen LogP) is 10.2. The maximum absolute atomic E-state index is 6.59. The summed E-state index contributed by atoms with van der Waals surface area (Å²) in [5.74, 6) is 1.09. The van der Waals surface area contributed by atoms with Crippen LogP contribution in [0.5, 0.6) is 0 Å². The second-order valence-electron chi connectivity index (χ2n) is 11.0. The molecule has 4 aromatic heterocycles. The molecule has 0 fully saturated rings. The van der Waals surface area contributed by atoms with Gasteiger partial charge in [0.1, 0.15) is 11.3 Å². The molecule has 0 atom stereocenters. The summed E-state index contributed by atoms with van der Waals surface area (Å²) in [6, 6.07) is 14.0. The molecule has 34 heavy (non-hydrogen) atoms. The van der Waals surface area contributed by atoms with Crippen LogP contribution in [0.25, 0.3) is 52.2 Å². The van der Waals surface area contributed by atoms with Crippen molar-refractivity contribution in [2.75, 3.05) is 0 Å². The molecular formula is C30H24OS3. The predicted molar refractivity (Wildman–Crippen MR) is 149 cm³/mol. The van der Waals surface area contributed by atoms with Crippen LogP contribution in [0, 0.1) is 13.8 Å². The van der Waals surface area contributed by atoms with Crippen LogP contribution < -0.4 is 0 Å². The minimum absolute atomic E-state index is 0.0240. The molecule has 0 spiro atoms. The van der Waals surface area contributed by atoms with E-state index in [9.17, 15) is 0 Å². The molecule has 0 N–H and O–H groups in total. The number of furan rings is 1. The second kappa shape index (κ2) is 5.87. The molecule has 4 heterocycles. The van der Waals surface area contributed by atoms with Gasteiger partial charge in [-0.2, -0.15) is 0 Å². The first-order valence-electron chi connectivity index (χ1n) is 11.9. The van der Waals surface area contributed by atoms with Gasteiger partial charge in [-0.1, -0.05) is 33.8 Å². The van der Waals surface area contributed by atoms with Crippen molar-refractivity contribution in [1.82, 2.24) is 0 Å². The third kappa shape index (κ3) is 2.09. The third-order valence-corrected chi connectivity index (χ3v) is 11.6. The van der Waals surface area contributed by atoms with Gasteiger partial charge in [-0.25, -0.2) is 0 Å². The Kier molecular flexibility index (Phi) is 3.43. The summed E-state index contributed by atoms with van der Waals surface area (Å²) in [4.78, 5) is 7.05. The van der Waals surface area contributed by atoms with E-state index in [2.05, 4.69) is 77.9 Å². The van der Waals surface area contributed by atoms with Gasteiger partial charge >= 0.3 is 0 Å². The van der Waals surface area contributed by atoms with Crippen LogP contribution in [-0.4, -0.2) is 0 Å². The average molecular weight is 497 g/mol. The molecule has 0 aliphatic heterocycles. The van der Waals surface area contributed by atoms with Crippen LogP contribution in [0.15, 0.2) is 40.8 Å². The lowest BCUT2D eigenvalue weighted by Gasteiger charge is -2.22. The van der Waals surface area contributed by atoms with Crippen molar-refractivity contribution in [3.63, 3.8) is 0 Å². The maximum Gasteiger partial charge on any atom is 0.149 e. The van der Waals surface area contributed by atoms with Gasteiger partial charge in [0.15, 0.2) is 0 Å². The average Bonchev–Trinajstić information content (AvgIpc) is 3.56. The number of thiophene rings is 3. The Morgan fingerprint density at radius 3 is 2.03 bits per heavy atom. The normalized spacial score (nSPS) is 17.0. The number of rotatable bonds is 0. The van der Waals surface area contributed by atoms with Crippen molar-refractivity contribution in [1.29, 1.82) is 0 Å². The van der Waals surface area contributed by atoms with Crippen molar-refractivity contribution in [2.45, 2.75) is 52.4 Å². The van der Waals surface area contributed by atoms with Gasteiger partial charge < -0.3 is 4.42 Å². The zero-order valence-electron chi connectivity index (χ0n) is 20.1. The maximum atomic E-state index is 6.59. The molecule has 0 amide bonds. The van der Waals surface area contributed by atoms with Gasteiger partial charge in [0.25, 0.3) is 0 Å². The van der Waals surface area contributed by atoms with Crippen LogP contribution in [-0.2, 0) is 10.8 Å². The van der Waals surface area contributed by atoms with E-state index < -0.39 is 0 Å². The first-order valence-corrected chi connectivity index (χ1v) is 14.3. The Bertz CT molecular complexity index is 1740. The summed E-state index contributed by atoms with van der Waals surface area (Å²) < 4.78 is 7.99. The van der Waals surface area contributed by atoms with Crippen LogP contribution in [0.2, 0.25) is 0 Å². The lowest BCUT2D eigenvalue weighted by molar-refractivity contribution is 0.619. The Morgan fingerprint density at radius 2 is 1.26 bits per heavy atom. The molecule has 2 aliphatic rings. The second-order valence-corrected chi connectivity index (χ2v) is 14.6. The summed E-state index contributed by atoms with van der Waals surface area (Å²) in [6.45, 7) is 14.0. The molecule has 168 valence electrons. The molecule has 0 saturated heterocycles. The first-order chi connectivity index (χ1) is 16.2. The smallest absolute Gasteiger partial charge is 0.149 e. The molecule has 6 aromatic rings. The molecule has 2 aliphatic carbocycles. The van der Waals surface area contributed by atoms with Gasteiger partial charge in [-0.3, -0.25) is 0 Å². The largest absolute Gasteiger partial charge is 0.455 e. The highest BCUT2D eigenvalue weighted by atomic mass is 32.1. The molecule has 4 heteroatoms. The number of aryl methyl sites for hydroxylation is 2. The molecule has 0 saturated carbocycles. The first kappa shape index (κ1) is 19.9. The standard InChI is InChI=1S/C30H24OS3/c1-13-11-17-26(32-13)25-23(29(17,3)4)21-15-8-10-20-22(16(15)7-9-19(21)31-25)24-28(34-20)27-18(30(24,5)6)12-14(2)33-27/h7-12H,1-6H3. The fourth-order valence-electron chi connectivity index (χ4n) is 6.68. The van der Waals surface area contributed by atoms with Gasteiger partial charge in [-0.05, 0) is 71.6 Å². The van der Waals surface area contributed by atoms with Crippen LogP contribution in [0.3, 0.4) is 0 Å². The van der Waals surface area contributed by atoms with E-state index in [4.69, 9.17) is 4.42 Å². The Labute approximate surface area is 210 Å². The van der Waals surface area contributed by atoms with Gasteiger partial charge in [-0.15, -0.1) is 34.0 Å². The summed E-state index contributed by atoms with van der Waals surface area (Å²) in [6.07, 6.45) is 0. The molecule has 0 bridgehead atoms. The molecular weight excluding hydrogens is 473 g/mol. The van der Waals surface area contributed by atoms with Crippen molar-refractivity contribution in [3.8, 4) is 20.4 Å². The minimum atomic E-state index is -0.0541. The van der Waals surface area contributed by atoms with Crippen LogP contribution >= 0.6 is 34.0 Å². The van der Waals surface area contributed by atoms with E-state index >= 15 is 0 Å². The monoisotopic (exact) mass is 496 g/mol. The summed E-state index contributed by atoms with van der Waals surface area (Å²) in [5, 5.41) is 5.45. The van der Waals surface area contributed by atoms with Crippen LogP contribution in [0.1, 0.15) is 59.7 Å². The fourth-order valence-corrected chi connectivity index (χ4v) is 10.5. The summed E-state index contributed by atoms with van der Waals surface area (Å²) in [5.41, 5.74) is 6.80. The highest BCUT2D eigenvalue weighted by Crippen LogP contribution is 2.60. The Morgan fingerprint density at radius 1 is 0.647 bits per heavy atom. The van der Waals surface area contributed by atoms with Gasteiger partial charge in [0.05, 0.1) is 4.88 Å². The lowest BCUT2D eigenvalue weighted by Crippen LogP contribution is -2.15. The van der Waals surface area contributed by atoms with E-state index in [0.717, 1.165) is 11.3 Å². The molecule has 2 aromatic carbocycles. The van der Waals surface area contributed by atoms with E-state index in [1.54, 1.807) is 0 Å². The van der Waals surface area contributed by atoms with E-state index in [1.807, 2.05) is 34.0 Å². The number of benzene rings is 2. The van der Waals surface area contributed by atoms with Gasteiger partial charge in [0, 0.05) is 51.4 Å². The van der Waals surface area contributed by atoms with E-state index in [0.29, 0.717) is 0 Å². The number of hydrogen-bond donors (Lipinski definition) is 0. The summed E-state index contributed by atoms with van der Waals surface area (Å²) in [7, 11) is 0. The van der Waals surface area contributed by atoms with Crippen LogP contribution in [0.4, 0.5) is 0 Å². The number of fused-ring (bicyclic) bond motifs is 13. The molecule has 8 rings (SSSR count). The highest BCUT2D eigenvalue weighted by molar-refractivity contribution is 7.26. The Balaban J connectivity index is 1.51. The lowest BCUT2D eigenvalue weighted by atomic mass is 9.80. The van der Waals surface area contributed by atoms with Crippen molar-refractivity contribution in [2.24, 2.45) is 0 Å². The SMILES string of the molecule is Cc1cc2c(s1)-c1oc3ccc4c(ccc5sc6c(c54)C(C)(C)c4cc(C)sc4-6)c3c1C2(C)C. The van der Waals surface area contributed by atoms with E-state index in [-0.39, 0.29) is 10.8 Å². The minimum Gasteiger partial charge on any atom is -0.455 e. The van der Waals surface area contributed by atoms with Crippen molar-refractivity contribution in [3.05, 3.63) is 68.4 Å². The highest BCUT2D eigenvalue weighted by Gasteiger charge is 2.43. The van der Waals surface area contributed by atoms with Crippen molar-refractivity contribution < 1.29 is 4.42 Å². The third-order valence-electron chi connectivity index (χ3n) is 8.22. The zero-order chi connectivity index (χ0) is 23.3. The topological polar surface area (TPSA) is 13.1 Å².